The first-order chi connectivity index (χ1) is 12.0. The van der Waals surface area contributed by atoms with E-state index < -0.39 is 0 Å². The normalized spacial score (nSPS) is 10.2. The molecule has 25 heavy (non-hydrogen) atoms. The number of aryl methyl sites for hydroxylation is 1. The lowest BCUT2D eigenvalue weighted by atomic mass is 10.2. The summed E-state index contributed by atoms with van der Waals surface area (Å²) in [4.78, 5) is 25.6. The number of hydrogen-bond acceptors (Lipinski definition) is 3. The Hall–Kier alpha value is -2.34. The molecule has 6 heteroatoms. The number of ether oxygens (including phenoxy) is 1. The van der Waals surface area contributed by atoms with Gasteiger partial charge in [-0.2, -0.15) is 0 Å². The van der Waals surface area contributed by atoms with Crippen molar-refractivity contribution in [2.24, 2.45) is 0 Å². The molecule has 2 rings (SSSR count). The molecule has 0 radical (unpaired) electrons. The van der Waals surface area contributed by atoms with Gasteiger partial charge in [-0.1, -0.05) is 34.1 Å². The summed E-state index contributed by atoms with van der Waals surface area (Å²) < 4.78 is 6.45. The first-order valence-electron chi connectivity index (χ1n) is 7.93. The van der Waals surface area contributed by atoms with Crippen molar-refractivity contribution in [3.05, 3.63) is 58.6 Å². The van der Waals surface area contributed by atoms with Crippen LogP contribution in [0.3, 0.4) is 0 Å². The first-order valence-corrected chi connectivity index (χ1v) is 8.73. The number of nitrogens with zero attached hydrogens (tertiary/aromatic N) is 1. The highest BCUT2D eigenvalue weighted by Gasteiger charge is 2.14. The molecule has 0 fully saturated rings. The van der Waals surface area contributed by atoms with E-state index in [2.05, 4.69) is 21.2 Å². The third-order valence-corrected chi connectivity index (χ3v) is 4.09. The molecule has 0 aromatic heterocycles. The Morgan fingerprint density at radius 3 is 2.56 bits per heavy atom. The van der Waals surface area contributed by atoms with Crippen molar-refractivity contribution >= 4 is 33.4 Å². The van der Waals surface area contributed by atoms with E-state index in [0.29, 0.717) is 0 Å². The van der Waals surface area contributed by atoms with Crippen LogP contribution in [0.4, 0.5) is 5.69 Å². The Kier molecular flexibility index (Phi) is 7.01. The van der Waals surface area contributed by atoms with Gasteiger partial charge in [0.1, 0.15) is 5.75 Å². The lowest BCUT2D eigenvalue weighted by molar-refractivity contribution is -0.133. The molecule has 0 aliphatic rings. The SMILES string of the molecule is Cc1cc(Br)ccc1NC(=O)CN(C)C(=O)CCOc1ccccc1. The molecule has 0 spiro atoms. The predicted octanol–water partition coefficient (Wildman–Crippen LogP) is 3.62. The molecular weight excluding hydrogens is 384 g/mol. The van der Waals surface area contributed by atoms with Gasteiger partial charge in [-0.25, -0.2) is 0 Å². The van der Waals surface area contributed by atoms with Crippen molar-refractivity contribution in [1.29, 1.82) is 0 Å². The summed E-state index contributed by atoms with van der Waals surface area (Å²) in [6.07, 6.45) is 0.218. The number of anilines is 1. The number of likely N-dealkylation sites (N-methyl/N-ethyl adjacent to an activating group) is 1. The van der Waals surface area contributed by atoms with Gasteiger partial charge in [-0.3, -0.25) is 9.59 Å². The summed E-state index contributed by atoms with van der Waals surface area (Å²) in [6.45, 7) is 2.19. The third-order valence-electron chi connectivity index (χ3n) is 3.60. The molecule has 2 aromatic rings. The summed E-state index contributed by atoms with van der Waals surface area (Å²) in [5.41, 5.74) is 1.69. The molecule has 1 N–H and O–H groups in total. The number of carbonyl (C=O) groups excluding carboxylic acids is 2. The van der Waals surface area contributed by atoms with Crippen LogP contribution < -0.4 is 10.1 Å². The molecule has 132 valence electrons. The lowest BCUT2D eigenvalue weighted by Crippen LogP contribution is -2.35. The monoisotopic (exact) mass is 404 g/mol. The Labute approximate surface area is 156 Å². The van der Waals surface area contributed by atoms with Gasteiger partial charge in [0, 0.05) is 17.2 Å². The number of nitrogens with one attached hydrogen (secondary N) is 1. The Morgan fingerprint density at radius 2 is 1.88 bits per heavy atom. The smallest absolute Gasteiger partial charge is 0.243 e. The largest absolute Gasteiger partial charge is 0.493 e. The standard InChI is InChI=1S/C19H21BrN2O3/c1-14-12-15(20)8-9-17(14)21-18(23)13-22(2)19(24)10-11-25-16-6-4-3-5-7-16/h3-9,12H,10-11,13H2,1-2H3,(H,21,23). The molecule has 0 atom stereocenters. The van der Waals surface area contributed by atoms with Crippen molar-refractivity contribution in [2.45, 2.75) is 13.3 Å². The Bertz CT molecular complexity index is 735. The van der Waals surface area contributed by atoms with E-state index in [0.717, 1.165) is 21.5 Å². The fourth-order valence-corrected chi connectivity index (χ4v) is 2.70. The number of benzene rings is 2. The molecule has 0 bridgehead atoms. The van der Waals surface area contributed by atoms with E-state index in [1.807, 2.05) is 55.5 Å². The minimum atomic E-state index is -0.231. The van der Waals surface area contributed by atoms with E-state index in [4.69, 9.17) is 4.74 Å². The topological polar surface area (TPSA) is 58.6 Å². The van der Waals surface area contributed by atoms with Crippen LogP contribution in [-0.4, -0.2) is 36.9 Å². The number of amides is 2. The van der Waals surface area contributed by atoms with Gasteiger partial charge in [-0.05, 0) is 42.8 Å². The van der Waals surface area contributed by atoms with Crippen LogP contribution in [0.25, 0.3) is 0 Å². The summed E-state index contributed by atoms with van der Waals surface area (Å²) in [5, 5.41) is 2.82. The van der Waals surface area contributed by atoms with Gasteiger partial charge in [0.05, 0.1) is 19.6 Å². The van der Waals surface area contributed by atoms with Crippen molar-refractivity contribution < 1.29 is 14.3 Å². The van der Waals surface area contributed by atoms with Crippen molar-refractivity contribution in [2.75, 3.05) is 25.5 Å². The van der Waals surface area contributed by atoms with Crippen LogP contribution in [0.2, 0.25) is 0 Å². The maximum absolute atomic E-state index is 12.1. The van der Waals surface area contributed by atoms with Gasteiger partial charge >= 0.3 is 0 Å². The van der Waals surface area contributed by atoms with Crippen molar-refractivity contribution in [1.82, 2.24) is 4.90 Å². The second kappa shape index (κ2) is 9.22. The second-order valence-electron chi connectivity index (χ2n) is 5.67. The molecule has 5 nitrogen and oxygen atoms in total. The number of hydrogen-bond donors (Lipinski definition) is 1. The van der Waals surface area contributed by atoms with Crippen LogP contribution in [0, 0.1) is 6.92 Å². The molecule has 0 heterocycles. The molecular formula is C19H21BrN2O3. The molecule has 2 amide bonds. The van der Waals surface area contributed by atoms with E-state index in [1.165, 1.54) is 4.90 Å². The zero-order chi connectivity index (χ0) is 18.2. The average Bonchev–Trinajstić information content (AvgIpc) is 2.58. The minimum absolute atomic E-state index is 0.000323. The highest BCUT2D eigenvalue weighted by molar-refractivity contribution is 9.10. The summed E-state index contributed by atoms with van der Waals surface area (Å²) in [5.74, 6) is 0.352. The van der Waals surface area contributed by atoms with E-state index >= 15 is 0 Å². The highest BCUT2D eigenvalue weighted by atomic mass is 79.9. The molecule has 0 aliphatic heterocycles. The van der Waals surface area contributed by atoms with E-state index in [1.54, 1.807) is 7.05 Å². The zero-order valence-electron chi connectivity index (χ0n) is 14.3. The lowest BCUT2D eigenvalue weighted by Gasteiger charge is -2.17. The molecule has 0 aliphatic carbocycles. The van der Waals surface area contributed by atoms with E-state index in [9.17, 15) is 9.59 Å². The Balaban J connectivity index is 1.76. The molecule has 0 unspecified atom stereocenters. The molecule has 0 saturated heterocycles. The van der Waals surface area contributed by atoms with Crippen LogP contribution in [0.15, 0.2) is 53.0 Å². The fraction of sp³-hybridized carbons (Fsp3) is 0.263. The van der Waals surface area contributed by atoms with Crippen LogP contribution in [0.5, 0.6) is 5.75 Å². The van der Waals surface area contributed by atoms with Crippen molar-refractivity contribution in [3.63, 3.8) is 0 Å². The highest BCUT2D eigenvalue weighted by Crippen LogP contribution is 2.19. The predicted molar refractivity (Wildman–Crippen MR) is 102 cm³/mol. The van der Waals surface area contributed by atoms with Gasteiger partial charge in [0.2, 0.25) is 11.8 Å². The molecule has 0 saturated carbocycles. The minimum Gasteiger partial charge on any atom is -0.493 e. The number of halogens is 1. The number of para-hydroxylation sites is 1. The Morgan fingerprint density at radius 1 is 1.16 bits per heavy atom. The zero-order valence-corrected chi connectivity index (χ0v) is 15.9. The summed E-state index contributed by atoms with van der Waals surface area (Å²) in [6, 6.07) is 14.9. The van der Waals surface area contributed by atoms with Crippen LogP contribution in [-0.2, 0) is 9.59 Å². The quantitative estimate of drug-likeness (QED) is 0.766. The number of rotatable bonds is 7. The van der Waals surface area contributed by atoms with Gasteiger partial charge in [0.15, 0.2) is 0 Å². The second-order valence-corrected chi connectivity index (χ2v) is 6.58. The van der Waals surface area contributed by atoms with Crippen LogP contribution >= 0.6 is 15.9 Å². The van der Waals surface area contributed by atoms with Gasteiger partial charge < -0.3 is 15.0 Å². The number of carbonyl (C=O) groups is 2. The maximum atomic E-state index is 12.1. The molecule has 2 aromatic carbocycles. The van der Waals surface area contributed by atoms with E-state index in [-0.39, 0.29) is 31.4 Å². The van der Waals surface area contributed by atoms with Gasteiger partial charge in [-0.15, -0.1) is 0 Å². The van der Waals surface area contributed by atoms with Crippen molar-refractivity contribution in [3.8, 4) is 5.75 Å². The fourth-order valence-electron chi connectivity index (χ4n) is 2.22. The summed E-state index contributed by atoms with van der Waals surface area (Å²) >= 11 is 3.39. The third kappa shape index (κ3) is 6.23. The van der Waals surface area contributed by atoms with Crippen LogP contribution in [0.1, 0.15) is 12.0 Å². The first kappa shape index (κ1) is 19.0. The van der Waals surface area contributed by atoms with Gasteiger partial charge in [0.25, 0.3) is 0 Å². The maximum Gasteiger partial charge on any atom is 0.243 e. The average molecular weight is 405 g/mol. The summed E-state index contributed by atoms with van der Waals surface area (Å²) in [7, 11) is 1.61.